The van der Waals surface area contributed by atoms with Crippen LogP contribution in [0.1, 0.15) is 49.9 Å². The van der Waals surface area contributed by atoms with Crippen molar-refractivity contribution < 1.29 is 4.42 Å². The van der Waals surface area contributed by atoms with Crippen molar-refractivity contribution in [2.45, 2.75) is 39.5 Å². The molecule has 2 aliphatic rings. The highest BCUT2D eigenvalue weighted by Gasteiger charge is 2.36. The third-order valence-electron chi connectivity index (χ3n) is 13.1. The molecule has 62 heavy (non-hydrogen) atoms. The zero-order valence-electron chi connectivity index (χ0n) is 35.1. The minimum absolute atomic E-state index is 0.0945. The van der Waals surface area contributed by atoms with Gasteiger partial charge in [-0.25, -0.2) is 15.0 Å². The molecule has 13 rings (SSSR count). The van der Waals surface area contributed by atoms with E-state index in [2.05, 4.69) is 140 Å². The Labute approximate surface area is 360 Å². The monoisotopic (exact) mass is 798 g/mol. The van der Waals surface area contributed by atoms with E-state index in [1.165, 1.54) is 66.3 Å². The third kappa shape index (κ3) is 5.31. The van der Waals surface area contributed by atoms with Crippen LogP contribution >= 0.6 is 0 Å². The van der Waals surface area contributed by atoms with Crippen molar-refractivity contribution >= 4 is 43.7 Å². The fourth-order valence-corrected chi connectivity index (χ4v) is 10.2. The summed E-state index contributed by atoms with van der Waals surface area (Å²) >= 11 is 0. The van der Waals surface area contributed by atoms with Gasteiger partial charge in [0.1, 0.15) is 11.2 Å². The molecule has 5 nitrogen and oxygen atoms in total. The van der Waals surface area contributed by atoms with Gasteiger partial charge in [-0.15, -0.1) is 0 Å². The van der Waals surface area contributed by atoms with Gasteiger partial charge >= 0.3 is 0 Å². The lowest BCUT2D eigenvalue weighted by Gasteiger charge is -2.21. The Kier molecular flexibility index (Phi) is 8.01. The van der Waals surface area contributed by atoms with E-state index in [9.17, 15) is 0 Å². The Bertz CT molecular complexity index is 3610. The van der Waals surface area contributed by atoms with Crippen molar-refractivity contribution in [2.24, 2.45) is 0 Å². The van der Waals surface area contributed by atoms with Crippen LogP contribution in [0.25, 0.3) is 106 Å². The molecule has 11 aromatic rings. The summed E-state index contributed by atoms with van der Waals surface area (Å²) in [7, 11) is 0. The molecule has 0 saturated heterocycles. The lowest BCUT2D eigenvalue weighted by atomic mass is 9.82. The molecule has 296 valence electrons. The maximum absolute atomic E-state index is 6.28. The van der Waals surface area contributed by atoms with Gasteiger partial charge in [0.15, 0.2) is 17.5 Å². The number of hydrogen-bond acceptors (Lipinski definition) is 4. The van der Waals surface area contributed by atoms with E-state index in [4.69, 9.17) is 19.4 Å². The van der Waals surface area contributed by atoms with E-state index in [1.54, 1.807) is 0 Å². The molecule has 8 aromatic carbocycles. The summed E-state index contributed by atoms with van der Waals surface area (Å²) in [5.74, 6) is 1.88. The van der Waals surface area contributed by atoms with E-state index < -0.39 is 0 Å². The Morgan fingerprint density at radius 2 is 1.11 bits per heavy atom. The summed E-state index contributed by atoms with van der Waals surface area (Å²) < 4.78 is 8.75. The first kappa shape index (κ1) is 36.2. The number of aromatic nitrogens is 4. The van der Waals surface area contributed by atoms with Crippen LogP contribution in [0.5, 0.6) is 0 Å². The van der Waals surface area contributed by atoms with Crippen LogP contribution < -0.4 is 0 Å². The second-order valence-corrected chi connectivity index (χ2v) is 16.8. The van der Waals surface area contributed by atoms with Crippen molar-refractivity contribution in [1.29, 1.82) is 0 Å². The van der Waals surface area contributed by atoms with Crippen molar-refractivity contribution in [3.05, 3.63) is 192 Å². The standard InChI is InChI=1S/C55H36N4O.C2H6/c1-55(2)45-19-9-6-15-37(45)43-30-44-38-16-7-10-20-47(38)59(48(44)31-46(43)55)36-26-25-34-27-33-23-24-35(28-41(33)42(34)29-36)53-56-52(32-13-4-3-5-14-32)57-54(58-53)40-18-12-22-50-51(40)39-17-8-11-21-49(39)60-50;1-2/h3-26,28-31H,27H2,1-2H3;1-2H3. The number of hydrogen-bond donors (Lipinski definition) is 0. The maximum Gasteiger partial charge on any atom is 0.164 e. The number of benzene rings is 8. The summed E-state index contributed by atoms with van der Waals surface area (Å²) in [5.41, 5.74) is 18.5. The molecule has 2 aliphatic carbocycles. The fraction of sp³-hybridized carbons (Fsp3) is 0.105. The fourth-order valence-electron chi connectivity index (χ4n) is 10.2. The summed E-state index contributed by atoms with van der Waals surface area (Å²) in [6.07, 6.45) is 0.881. The highest BCUT2D eigenvalue weighted by molar-refractivity contribution is 6.13. The van der Waals surface area contributed by atoms with Crippen LogP contribution in [-0.2, 0) is 11.8 Å². The molecule has 0 saturated carbocycles. The smallest absolute Gasteiger partial charge is 0.164 e. The van der Waals surface area contributed by atoms with Crippen LogP contribution in [-0.4, -0.2) is 19.5 Å². The first-order chi connectivity index (χ1) is 30.5. The molecule has 5 heteroatoms. The summed E-state index contributed by atoms with van der Waals surface area (Å²) in [4.78, 5) is 15.5. The first-order valence-electron chi connectivity index (χ1n) is 21.6. The van der Waals surface area contributed by atoms with Gasteiger partial charge in [-0.05, 0) is 99.5 Å². The van der Waals surface area contributed by atoms with Crippen LogP contribution in [0, 0.1) is 0 Å². The molecule has 0 fully saturated rings. The Balaban J connectivity index is 0.00000202. The van der Waals surface area contributed by atoms with Gasteiger partial charge in [0, 0.05) is 49.3 Å². The highest BCUT2D eigenvalue weighted by atomic mass is 16.3. The summed E-state index contributed by atoms with van der Waals surface area (Å²) in [6, 6.07) is 60.8. The highest BCUT2D eigenvalue weighted by Crippen LogP contribution is 2.51. The molecule has 0 atom stereocenters. The van der Waals surface area contributed by atoms with Gasteiger partial charge < -0.3 is 8.98 Å². The lowest BCUT2D eigenvalue weighted by Crippen LogP contribution is -2.14. The number of furan rings is 1. The molecular formula is C57H42N4O. The molecule has 0 N–H and O–H groups in total. The largest absolute Gasteiger partial charge is 0.456 e. The normalized spacial score (nSPS) is 13.2. The van der Waals surface area contributed by atoms with Crippen molar-refractivity contribution in [3.8, 4) is 62.1 Å². The second-order valence-electron chi connectivity index (χ2n) is 16.8. The van der Waals surface area contributed by atoms with Gasteiger partial charge in [0.2, 0.25) is 0 Å². The average molecular weight is 799 g/mol. The Morgan fingerprint density at radius 3 is 1.97 bits per heavy atom. The molecular weight excluding hydrogens is 757 g/mol. The van der Waals surface area contributed by atoms with E-state index in [1.807, 2.05) is 62.4 Å². The molecule has 0 bridgehead atoms. The quantitative estimate of drug-likeness (QED) is 0.178. The SMILES string of the molecule is CC.CC1(C)c2ccccc2-c2cc3c4ccccc4n(-c4ccc5c(c4)-c4cc(-c6nc(-c7ccccc7)nc(-c7cccc8oc9ccccc9c78)n6)ccc4C5)c3cc21. The minimum Gasteiger partial charge on any atom is -0.456 e. The topological polar surface area (TPSA) is 56.7 Å². The Morgan fingerprint density at radius 1 is 0.452 bits per heavy atom. The van der Waals surface area contributed by atoms with Crippen LogP contribution in [0.4, 0.5) is 0 Å². The van der Waals surface area contributed by atoms with E-state index in [0.29, 0.717) is 17.5 Å². The maximum atomic E-state index is 6.28. The van der Waals surface area contributed by atoms with E-state index >= 15 is 0 Å². The van der Waals surface area contributed by atoms with Gasteiger partial charge in [-0.2, -0.15) is 0 Å². The minimum atomic E-state index is -0.0945. The molecule has 0 amide bonds. The summed E-state index contributed by atoms with van der Waals surface area (Å²) in [5, 5.41) is 4.58. The Hall–Kier alpha value is -7.63. The van der Waals surface area contributed by atoms with Gasteiger partial charge in [-0.1, -0.05) is 149 Å². The molecule has 0 unspecified atom stereocenters. The van der Waals surface area contributed by atoms with Gasteiger partial charge in [-0.3, -0.25) is 0 Å². The molecule has 0 spiro atoms. The van der Waals surface area contributed by atoms with Crippen LogP contribution in [0.3, 0.4) is 0 Å². The van der Waals surface area contributed by atoms with E-state index in [-0.39, 0.29) is 5.41 Å². The van der Waals surface area contributed by atoms with Gasteiger partial charge in [0.05, 0.1) is 11.0 Å². The van der Waals surface area contributed by atoms with Crippen molar-refractivity contribution in [3.63, 3.8) is 0 Å². The summed E-state index contributed by atoms with van der Waals surface area (Å²) in [6.45, 7) is 8.72. The third-order valence-corrected chi connectivity index (χ3v) is 13.1. The number of nitrogens with zero attached hydrogens (tertiary/aromatic N) is 4. The lowest BCUT2D eigenvalue weighted by molar-refractivity contribution is 0.661. The molecule has 0 aliphatic heterocycles. The van der Waals surface area contributed by atoms with Gasteiger partial charge in [0.25, 0.3) is 0 Å². The average Bonchev–Trinajstić information content (AvgIpc) is 4.05. The number of fused-ring (bicyclic) bond motifs is 12. The van der Waals surface area contributed by atoms with Crippen LogP contribution in [0.15, 0.2) is 174 Å². The number of para-hydroxylation sites is 2. The predicted molar refractivity (Wildman–Crippen MR) is 255 cm³/mol. The zero-order valence-corrected chi connectivity index (χ0v) is 35.1. The van der Waals surface area contributed by atoms with E-state index in [0.717, 1.165) is 50.7 Å². The molecule has 3 aromatic heterocycles. The zero-order chi connectivity index (χ0) is 41.7. The van der Waals surface area contributed by atoms with Crippen molar-refractivity contribution in [2.75, 3.05) is 0 Å². The number of rotatable bonds is 4. The second kappa shape index (κ2) is 13.7. The predicted octanol–water partition coefficient (Wildman–Crippen LogP) is 14.8. The van der Waals surface area contributed by atoms with Crippen LogP contribution in [0.2, 0.25) is 0 Å². The molecule has 3 heterocycles. The first-order valence-corrected chi connectivity index (χ1v) is 21.6. The molecule has 0 radical (unpaired) electrons. The van der Waals surface area contributed by atoms with Crippen molar-refractivity contribution in [1.82, 2.24) is 19.5 Å².